The van der Waals surface area contributed by atoms with Gasteiger partial charge in [-0.15, -0.1) is 0 Å². The van der Waals surface area contributed by atoms with Crippen molar-refractivity contribution in [3.05, 3.63) is 23.7 Å². The van der Waals surface area contributed by atoms with Gasteiger partial charge in [0.25, 0.3) is 0 Å². The van der Waals surface area contributed by atoms with Gasteiger partial charge >= 0.3 is 12.1 Å². The van der Waals surface area contributed by atoms with E-state index in [2.05, 4.69) is 14.8 Å². The zero-order chi connectivity index (χ0) is 12.7. The Morgan fingerprint density at radius 2 is 2.24 bits per heavy atom. The maximum Gasteiger partial charge on any atom is 0.415 e. The first-order chi connectivity index (χ1) is 8.17. The largest absolute Gasteiger partial charge is 0.446 e. The highest BCUT2D eigenvalue weighted by molar-refractivity contribution is 5.94. The molecule has 0 bridgehead atoms. The first-order valence-electron chi connectivity index (χ1n) is 4.71. The standard InChI is InChI=1S/C10H11NO6/c1-15-5-4-11-10(14)17-9(13)8-3-2-7(6-12)16-8/h2-3,6H,4-5H2,1H3,(H,11,14). The molecule has 7 heteroatoms. The molecule has 1 heterocycles. The van der Waals surface area contributed by atoms with Crippen molar-refractivity contribution in [2.24, 2.45) is 0 Å². The third-order valence-electron chi connectivity index (χ3n) is 1.71. The molecule has 0 unspecified atom stereocenters. The van der Waals surface area contributed by atoms with Gasteiger partial charge in [0.05, 0.1) is 6.61 Å². The second-order valence-corrected chi connectivity index (χ2v) is 2.92. The zero-order valence-electron chi connectivity index (χ0n) is 9.10. The Morgan fingerprint density at radius 1 is 1.47 bits per heavy atom. The Balaban J connectivity index is 2.43. The van der Waals surface area contributed by atoms with Crippen molar-refractivity contribution >= 4 is 18.3 Å². The summed E-state index contributed by atoms with van der Waals surface area (Å²) in [5, 5.41) is 2.29. The Kier molecular flexibility index (Phi) is 4.89. The lowest BCUT2D eigenvalue weighted by atomic mass is 10.4. The van der Waals surface area contributed by atoms with Gasteiger partial charge in [-0.3, -0.25) is 4.79 Å². The number of esters is 1. The minimum atomic E-state index is -0.965. The van der Waals surface area contributed by atoms with Gasteiger partial charge in [0.1, 0.15) is 0 Å². The summed E-state index contributed by atoms with van der Waals surface area (Å²) >= 11 is 0. The van der Waals surface area contributed by atoms with Gasteiger partial charge in [0, 0.05) is 13.7 Å². The predicted molar refractivity (Wildman–Crippen MR) is 54.8 cm³/mol. The number of carbonyl (C=O) groups excluding carboxylic acids is 3. The molecule has 1 rings (SSSR count). The molecule has 17 heavy (non-hydrogen) atoms. The Morgan fingerprint density at radius 3 is 2.82 bits per heavy atom. The molecule has 0 aliphatic heterocycles. The number of methoxy groups -OCH3 is 1. The minimum absolute atomic E-state index is 0.0169. The summed E-state index contributed by atoms with van der Waals surface area (Å²) < 4.78 is 13.8. The maximum absolute atomic E-state index is 11.3. The first-order valence-corrected chi connectivity index (χ1v) is 4.71. The number of nitrogens with one attached hydrogen (secondary N) is 1. The van der Waals surface area contributed by atoms with Crippen molar-refractivity contribution in [1.29, 1.82) is 0 Å². The lowest BCUT2D eigenvalue weighted by molar-refractivity contribution is 0.0584. The number of aldehydes is 1. The molecule has 92 valence electrons. The number of furan rings is 1. The number of hydrogen-bond acceptors (Lipinski definition) is 6. The number of ether oxygens (including phenoxy) is 2. The summed E-state index contributed by atoms with van der Waals surface area (Å²) in [5.74, 6) is -1.20. The summed E-state index contributed by atoms with van der Waals surface area (Å²) in [5.41, 5.74) is 0. The summed E-state index contributed by atoms with van der Waals surface area (Å²) in [6.45, 7) is 0.527. The van der Waals surface area contributed by atoms with Gasteiger partial charge in [0.2, 0.25) is 5.76 Å². The van der Waals surface area contributed by atoms with Gasteiger partial charge in [0.15, 0.2) is 12.0 Å². The van der Waals surface area contributed by atoms with Crippen molar-refractivity contribution in [2.45, 2.75) is 0 Å². The van der Waals surface area contributed by atoms with Crippen LogP contribution in [-0.2, 0) is 9.47 Å². The van der Waals surface area contributed by atoms with Crippen LogP contribution in [0.2, 0.25) is 0 Å². The van der Waals surface area contributed by atoms with Crippen molar-refractivity contribution < 1.29 is 28.3 Å². The van der Waals surface area contributed by atoms with E-state index in [1.165, 1.54) is 19.2 Å². The van der Waals surface area contributed by atoms with Crippen molar-refractivity contribution in [3.8, 4) is 0 Å². The van der Waals surface area contributed by atoms with E-state index >= 15 is 0 Å². The van der Waals surface area contributed by atoms with Crippen LogP contribution in [-0.4, -0.2) is 38.6 Å². The predicted octanol–water partition coefficient (Wildman–Crippen LogP) is 0.605. The molecule has 0 aromatic carbocycles. The van der Waals surface area contributed by atoms with Crippen molar-refractivity contribution in [1.82, 2.24) is 5.32 Å². The quantitative estimate of drug-likeness (QED) is 0.351. The van der Waals surface area contributed by atoms with Crippen molar-refractivity contribution in [2.75, 3.05) is 20.3 Å². The molecule has 0 radical (unpaired) electrons. The fraction of sp³-hybridized carbons (Fsp3) is 0.300. The highest BCUT2D eigenvalue weighted by Gasteiger charge is 2.16. The topological polar surface area (TPSA) is 94.8 Å². The number of hydrogen-bond donors (Lipinski definition) is 1. The first kappa shape index (κ1) is 12.9. The minimum Gasteiger partial charge on any atom is -0.446 e. The molecular formula is C10H11NO6. The van der Waals surface area contributed by atoms with Crippen LogP contribution in [0, 0.1) is 0 Å². The number of alkyl carbamates (subject to hydrolysis) is 1. The third kappa shape index (κ3) is 4.07. The van der Waals surface area contributed by atoms with E-state index in [9.17, 15) is 14.4 Å². The molecule has 0 atom stereocenters. The molecule has 0 aliphatic rings. The van der Waals surface area contributed by atoms with E-state index in [1.807, 2.05) is 0 Å². The van der Waals surface area contributed by atoms with Crippen LogP contribution in [0.4, 0.5) is 4.79 Å². The lowest BCUT2D eigenvalue weighted by Crippen LogP contribution is -2.29. The SMILES string of the molecule is COCCNC(=O)OC(=O)c1ccc(C=O)o1. The zero-order valence-corrected chi connectivity index (χ0v) is 9.10. The second-order valence-electron chi connectivity index (χ2n) is 2.92. The number of rotatable bonds is 5. The van der Waals surface area contributed by atoms with Crippen LogP contribution < -0.4 is 5.32 Å². The summed E-state index contributed by atoms with van der Waals surface area (Å²) in [6.07, 6.45) is -0.466. The van der Waals surface area contributed by atoms with E-state index in [-0.39, 0.29) is 18.1 Å². The Hall–Kier alpha value is -2.15. The fourth-order valence-corrected chi connectivity index (χ4v) is 0.952. The van der Waals surface area contributed by atoms with E-state index in [4.69, 9.17) is 4.42 Å². The molecule has 1 aromatic rings. The maximum atomic E-state index is 11.3. The Bertz CT molecular complexity index is 411. The molecule has 0 saturated heterocycles. The summed E-state index contributed by atoms with van der Waals surface area (Å²) in [4.78, 5) is 32.7. The van der Waals surface area contributed by atoms with Gasteiger partial charge in [-0.25, -0.2) is 9.59 Å². The second kappa shape index (κ2) is 6.44. The van der Waals surface area contributed by atoms with Crippen LogP contribution in [0.5, 0.6) is 0 Å². The van der Waals surface area contributed by atoms with Gasteiger partial charge in [-0.2, -0.15) is 0 Å². The van der Waals surface area contributed by atoms with Crippen molar-refractivity contribution in [3.63, 3.8) is 0 Å². The highest BCUT2D eigenvalue weighted by atomic mass is 16.6. The average molecular weight is 241 g/mol. The monoisotopic (exact) mass is 241 g/mol. The smallest absolute Gasteiger partial charge is 0.415 e. The molecule has 0 saturated carbocycles. The van der Waals surface area contributed by atoms with E-state index in [0.29, 0.717) is 12.9 Å². The van der Waals surface area contributed by atoms with Crippen LogP contribution in [0.3, 0.4) is 0 Å². The molecule has 0 spiro atoms. The molecule has 1 N–H and O–H groups in total. The Labute approximate surface area is 96.7 Å². The van der Waals surface area contributed by atoms with E-state index < -0.39 is 12.1 Å². The van der Waals surface area contributed by atoms with Gasteiger partial charge < -0.3 is 19.2 Å². The molecule has 0 aliphatic carbocycles. The van der Waals surface area contributed by atoms with Crippen LogP contribution in [0.1, 0.15) is 21.1 Å². The summed E-state index contributed by atoms with van der Waals surface area (Å²) in [6, 6.07) is 2.54. The average Bonchev–Trinajstić information content (AvgIpc) is 2.78. The number of amides is 1. The lowest BCUT2D eigenvalue weighted by Gasteiger charge is -2.03. The van der Waals surface area contributed by atoms with Gasteiger partial charge in [-0.1, -0.05) is 0 Å². The third-order valence-corrected chi connectivity index (χ3v) is 1.71. The van der Waals surface area contributed by atoms with Gasteiger partial charge in [-0.05, 0) is 12.1 Å². The van der Waals surface area contributed by atoms with Crippen LogP contribution in [0.15, 0.2) is 16.5 Å². The van der Waals surface area contributed by atoms with Crippen LogP contribution >= 0.6 is 0 Å². The van der Waals surface area contributed by atoms with E-state index in [1.54, 1.807) is 0 Å². The number of carbonyl (C=O) groups is 3. The highest BCUT2D eigenvalue weighted by Crippen LogP contribution is 2.07. The fourth-order valence-electron chi connectivity index (χ4n) is 0.952. The van der Waals surface area contributed by atoms with Crippen LogP contribution in [0.25, 0.3) is 0 Å². The molecule has 7 nitrogen and oxygen atoms in total. The normalized spacial score (nSPS) is 9.71. The molecule has 0 fully saturated rings. The molecule has 1 aromatic heterocycles. The molecule has 1 amide bonds. The summed E-state index contributed by atoms with van der Waals surface area (Å²) in [7, 11) is 1.47. The molecular weight excluding hydrogens is 230 g/mol. The van der Waals surface area contributed by atoms with E-state index in [0.717, 1.165) is 0 Å².